The van der Waals surface area contributed by atoms with Gasteiger partial charge in [0, 0.05) is 11.4 Å². The molecule has 0 saturated carbocycles. The van der Waals surface area contributed by atoms with Crippen LogP contribution in [0.25, 0.3) is 0 Å². The van der Waals surface area contributed by atoms with E-state index in [0.717, 1.165) is 0 Å². The average Bonchev–Trinajstić information content (AvgIpc) is 3.04. The fourth-order valence-corrected chi connectivity index (χ4v) is 2.83. The lowest BCUT2D eigenvalue weighted by Gasteiger charge is -2.20. The molecule has 1 aliphatic heterocycles. The maximum Gasteiger partial charge on any atom is 0.272 e. The first-order valence-corrected chi connectivity index (χ1v) is 8.29. The molecule has 0 saturated heterocycles. The molecule has 0 bridgehead atoms. The van der Waals surface area contributed by atoms with Crippen LogP contribution >= 0.6 is 23.2 Å². The highest BCUT2D eigenvalue weighted by atomic mass is 35.5. The van der Waals surface area contributed by atoms with Crippen molar-refractivity contribution in [1.29, 1.82) is 0 Å². The standard InChI is InChI=1S/C17H13Cl2FN4O2/c18-9-1-6-12(19)13(7-9)22-17(26)14-8-15(16(21)25)24(23-14)11-4-2-10(20)3-5-11/h1-7,15H,8H2,(H2,21,25)(H,22,26). The SMILES string of the molecule is NC(=O)C1CC(C(=O)Nc2cc(Cl)ccc2Cl)=NN1c1ccc(F)cc1. The second-order valence-electron chi connectivity index (χ2n) is 5.57. The van der Waals surface area contributed by atoms with Crippen molar-refractivity contribution in [2.75, 3.05) is 10.3 Å². The zero-order chi connectivity index (χ0) is 18.8. The number of rotatable bonds is 4. The number of primary amides is 1. The number of hydrogen-bond acceptors (Lipinski definition) is 4. The summed E-state index contributed by atoms with van der Waals surface area (Å²) in [5.41, 5.74) is 6.27. The van der Waals surface area contributed by atoms with Gasteiger partial charge in [-0.25, -0.2) is 4.39 Å². The van der Waals surface area contributed by atoms with Crippen LogP contribution in [0, 0.1) is 5.82 Å². The summed E-state index contributed by atoms with van der Waals surface area (Å²) in [5.74, 6) is -1.62. The van der Waals surface area contributed by atoms with E-state index in [1.165, 1.54) is 35.3 Å². The molecule has 0 aromatic heterocycles. The molecule has 1 unspecified atom stereocenters. The van der Waals surface area contributed by atoms with Crippen LogP contribution in [0.4, 0.5) is 15.8 Å². The third-order valence-corrected chi connectivity index (χ3v) is 4.33. The van der Waals surface area contributed by atoms with Gasteiger partial charge in [-0.15, -0.1) is 0 Å². The number of nitrogens with two attached hydrogens (primary N) is 1. The Kier molecular flexibility index (Phi) is 5.11. The van der Waals surface area contributed by atoms with E-state index in [1.54, 1.807) is 12.1 Å². The number of nitrogens with zero attached hydrogens (tertiary/aromatic N) is 2. The molecule has 1 atom stereocenters. The van der Waals surface area contributed by atoms with Gasteiger partial charge in [0.1, 0.15) is 17.6 Å². The molecule has 9 heteroatoms. The fraction of sp³-hybridized carbons (Fsp3) is 0.118. The Morgan fingerprint density at radius 1 is 1.19 bits per heavy atom. The Morgan fingerprint density at radius 2 is 1.88 bits per heavy atom. The van der Waals surface area contributed by atoms with Crippen LogP contribution < -0.4 is 16.1 Å². The molecule has 0 aliphatic carbocycles. The molecule has 1 heterocycles. The molecular weight excluding hydrogens is 382 g/mol. The van der Waals surface area contributed by atoms with Crippen LogP contribution in [0.1, 0.15) is 6.42 Å². The van der Waals surface area contributed by atoms with E-state index in [4.69, 9.17) is 28.9 Å². The summed E-state index contributed by atoms with van der Waals surface area (Å²) in [4.78, 5) is 24.2. The molecule has 2 aromatic rings. The van der Waals surface area contributed by atoms with Gasteiger partial charge < -0.3 is 11.1 Å². The van der Waals surface area contributed by atoms with Gasteiger partial charge in [-0.3, -0.25) is 14.6 Å². The van der Waals surface area contributed by atoms with E-state index in [2.05, 4.69) is 10.4 Å². The van der Waals surface area contributed by atoms with Crippen molar-refractivity contribution in [3.8, 4) is 0 Å². The van der Waals surface area contributed by atoms with Crippen LogP contribution in [-0.4, -0.2) is 23.6 Å². The number of anilines is 2. The van der Waals surface area contributed by atoms with Crippen molar-refractivity contribution in [1.82, 2.24) is 0 Å². The van der Waals surface area contributed by atoms with Crippen molar-refractivity contribution >= 4 is 52.1 Å². The van der Waals surface area contributed by atoms with Gasteiger partial charge in [-0.05, 0) is 42.5 Å². The van der Waals surface area contributed by atoms with Crippen LogP contribution in [0.2, 0.25) is 10.0 Å². The first-order chi connectivity index (χ1) is 12.3. The van der Waals surface area contributed by atoms with E-state index in [9.17, 15) is 14.0 Å². The smallest absolute Gasteiger partial charge is 0.272 e. The summed E-state index contributed by atoms with van der Waals surface area (Å²) >= 11 is 11.9. The Labute approximate surface area is 158 Å². The number of amides is 2. The van der Waals surface area contributed by atoms with Crippen LogP contribution in [0.3, 0.4) is 0 Å². The van der Waals surface area contributed by atoms with E-state index < -0.39 is 23.7 Å². The van der Waals surface area contributed by atoms with Crippen molar-refractivity contribution in [3.63, 3.8) is 0 Å². The minimum atomic E-state index is -0.851. The lowest BCUT2D eigenvalue weighted by atomic mass is 10.1. The van der Waals surface area contributed by atoms with Crippen molar-refractivity contribution in [3.05, 3.63) is 58.3 Å². The zero-order valence-electron chi connectivity index (χ0n) is 13.2. The van der Waals surface area contributed by atoms with Crippen molar-refractivity contribution < 1.29 is 14.0 Å². The molecule has 2 amide bonds. The van der Waals surface area contributed by atoms with Crippen LogP contribution in [-0.2, 0) is 9.59 Å². The number of carbonyl (C=O) groups excluding carboxylic acids is 2. The predicted octanol–water partition coefficient (Wildman–Crippen LogP) is 3.19. The molecule has 0 fully saturated rings. The van der Waals surface area contributed by atoms with E-state index in [1.807, 2.05) is 0 Å². The van der Waals surface area contributed by atoms with Crippen LogP contribution in [0.5, 0.6) is 0 Å². The molecule has 3 N–H and O–H groups in total. The summed E-state index contributed by atoms with van der Waals surface area (Å²) in [6.07, 6.45) is 0.0106. The number of nitrogens with one attached hydrogen (secondary N) is 1. The van der Waals surface area contributed by atoms with Gasteiger partial charge in [0.25, 0.3) is 5.91 Å². The Morgan fingerprint density at radius 3 is 2.54 bits per heavy atom. The molecule has 2 aromatic carbocycles. The summed E-state index contributed by atoms with van der Waals surface area (Å²) in [7, 11) is 0. The molecule has 26 heavy (non-hydrogen) atoms. The summed E-state index contributed by atoms with van der Waals surface area (Å²) in [6, 6.07) is 9.14. The fourth-order valence-electron chi connectivity index (χ4n) is 2.49. The van der Waals surface area contributed by atoms with Gasteiger partial charge in [-0.2, -0.15) is 5.10 Å². The van der Waals surface area contributed by atoms with Gasteiger partial charge in [0.05, 0.1) is 16.4 Å². The highest BCUT2D eigenvalue weighted by molar-refractivity contribution is 6.45. The summed E-state index contributed by atoms with van der Waals surface area (Å²) < 4.78 is 13.1. The van der Waals surface area contributed by atoms with Crippen molar-refractivity contribution in [2.24, 2.45) is 10.8 Å². The first-order valence-electron chi connectivity index (χ1n) is 7.53. The van der Waals surface area contributed by atoms with Gasteiger partial charge in [0.2, 0.25) is 5.91 Å². The number of hydrazone groups is 1. The highest BCUT2D eigenvalue weighted by Gasteiger charge is 2.35. The van der Waals surface area contributed by atoms with Gasteiger partial charge in [0.15, 0.2) is 0 Å². The summed E-state index contributed by atoms with van der Waals surface area (Å²) in [5, 5.41) is 8.80. The van der Waals surface area contributed by atoms with E-state index >= 15 is 0 Å². The Bertz CT molecular complexity index is 902. The van der Waals surface area contributed by atoms with Gasteiger partial charge >= 0.3 is 0 Å². The second-order valence-corrected chi connectivity index (χ2v) is 6.41. The molecule has 6 nitrogen and oxygen atoms in total. The lowest BCUT2D eigenvalue weighted by Crippen LogP contribution is -2.39. The summed E-state index contributed by atoms with van der Waals surface area (Å²) in [6.45, 7) is 0. The quantitative estimate of drug-likeness (QED) is 0.834. The highest BCUT2D eigenvalue weighted by Crippen LogP contribution is 2.28. The number of carbonyl (C=O) groups is 2. The second kappa shape index (κ2) is 7.31. The third kappa shape index (κ3) is 3.79. The zero-order valence-corrected chi connectivity index (χ0v) is 14.8. The largest absolute Gasteiger partial charge is 0.368 e. The molecular formula is C17H13Cl2FN4O2. The van der Waals surface area contributed by atoms with Gasteiger partial charge in [-0.1, -0.05) is 23.2 Å². The van der Waals surface area contributed by atoms with Crippen LogP contribution in [0.15, 0.2) is 47.6 Å². The number of halogens is 3. The monoisotopic (exact) mass is 394 g/mol. The van der Waals surface area contributed by atoms with E-state index in [-0.39, 0.29) is 12.1 Å². The Balaban J connectivity index is 1.86. The average molecular weight is 395 g/mol. The predicted molar refractivity (Wildman–Crippen MR) is 99.0 cm³/mol. The molecule has 0 spiro atoms. The first kappa shape index (κ1) is 18.2. The maximum atomic E-state index is 13.1. The molecule has 134 valence electrons. The third-order valence-electron chi connectivity index (χ3n) is 3.77. The minimum Gasteiger partial charge on any atom is -0.368 e. The number of benzene rings is 2. The Hall–Kier alpha value is -2.64. The topological polar surface area (TPSA) is 87.8 Å². The minimum absolute atomic E-state index is 0.0106. The number of hydrogen-bond donors (Lipinski definition) is 2. The molecule has 1 aliphatic rings. The maximum absolute atomic E-state index is 13.1. The van der Waals surface area contributed by atoms with Crippen molar-refractivity contribution in [2.45, 2.75) is 12.5 Å². The normalized spacial score (nSPS) is 16.3. The molecule has 0 radical (unpaired) electrons. The lowest BCUT2D eigenvalue weighted by molar-refractivity contribution is -0.119. The molecule has 3 rings (SSSR count). The van der Waals surface area contributed by atoms with E-state index in [0.29, 0.717) is 21.4 Å².